The largest absolute Gasteiger partial charge is 0.392 e. The average Bonchev–Trinajstić information content (AvgIpc) is 2.32. The first-order valence-corrected chi connectivity index (χ1v) is 7.67. The Bertz CT molecular complexity index is 544. The van der Waals surface area contributed by atoms with Gasteiger partial charge in [0, 0.05) is 18.1 Å². The van der Waals surface area contributed by atoms with Gasteiger partial charge in [-0.3, -0.25) is 0 Å². The molecular weight excluding hydrogens is 274 g/mol. The molecule has 2 rings (SSSR count). The third-order valence-electron chi connectivity index (χ3n) is 3.13. The predicted octanol–water partition coefficient (Wildman–Crippen LogP) is 1.79. The number of piperidine rings is 1. The van der Waals surface area contributed by atoms with Gasteiger partial charge in [-0.15, -0.1) is 0 Å². The summed E-state index contributed by atoms with van der Waals surface area (Å²) in [5.74, 6) is 0. The molecule has 1 aliphatic heterocycles. The van der Waals surface area contributed by atoms with Gasteiger partial charge in [-0.25, -0.2) is 8.42 Å². The molecule has 4 nitrogen and oxygen atoms in total. The standard InChI is InChI=1S/C12H16ClNO3S/c1-9-4-5-10(13)7-12(9)18(16,17)14-6-2-3-11(15)8-14/h4-5,7,11,15H,2-3,6,8H2,1H3. The van der Waals surface area contributed by atoms with Crippen LogP contribution in [-0.4, -0.2) is 37.0 Å². The molecule has 1 heterocycles. The van der Waals surface area contributed by atoms with E-state index in [0.717, 1.165) is 0 Å². The molecule has 1 aliphatic rings. The summed E-state index contributed by atoms with van der Waals surface area (Å²) in [6.07, 6.45) is 0.758. The van der Waals surface area contributed by atoms with Crippen LogP contribution in [0.25, 0.3) is 0 Å². The monoisotopic (exact) mass is 289 g/mol. The van der Waals surface area contributed by atoms with E-state index in [2.05, 4.69) is 0 Å². The van der Waals surface area contributed by atoms with Gasteiger partial charge < -0.3 is 5.11 Å². The van der Waals surface area contributed by atoms with Crippen molar-refractivity contribution in [1.82, 2.24) is 4.31 Å². The average molecular weight is 290 g/mol. The Kier molecular flexibility index (Phi) is 3.96. The van der Waals surface area contributed by atoms with Crippen molar-refractivity contribution in [3.05, 3.63) is 28.8 Å². The smallest absolute Gasteiger partial charge is 0.243 e. The molecule has 0 spiro atoms. The molecule has 0 amide bonds. The van der Waals surface area contributed by atoms with Gasteiger partial charge >= 0.3 is 0 Å². The van der Waals surface area contributed by atoms with Crippen LogP contribution in [0.15, 0.2) is 23.1 Å². The number of aliphatic hydroxyl groups is 1. The number of aryl methyl sites for hydroxylation is 1. The van der Waals surface area contributed by atoms with E-state index < -0.39 is 16.1 Å². The Morgan fingerprint density at radius 3 is 2.83 bits per heavy atom. The first-order chi connectivity index (χ1) is 8.41. The lowest BCUT2D eigenvalue weighted by Gasteiger charge is -2.29. The van der Waals surface area contributed by atoms with Crippen molar-refractivity contribution in [2.45, 2.75) is 30.8 Å². The molecule has 1 aromatic carbocycles. The lowest BCUT2D eigenvalue weighted by atomic mass is 10.1. The van der Waals surface area contributed by atoms with Crippen LogP contribution in [0.2, 0.25) is 5.02 Å². The third-order valence-corrected chi connectivity index (χ3v) is 5.37. The van der Waals surface area contributed by atoms with Gasteiger partial charge in [-0.05, 0) is 37.5 Å². The van der Waals surface area contributed by atoms with Crippen LogP contribution in [0.1, 0.15) is 18.4 Å². The van der Waals surface area contributed by atoms with Gasteiger partial charge in [0.2, 0.25) is 10.0 Å². The second-order valence-corrected chi connectivity index (χ2v) is 6.91. The molecular formula is C12H16ClNO3S. The molecule has 0 aliphatic carbocycles. The second-order valence-electron chi connectivity index (χ2n) is 4.57. The van der Waals surface area contributed by atoms with E-state index in [9.17, 15) is 13.5 Å². The molecule has 100 valence electrons. The second kappa shape index (κ2) is 5.17. The van der Waals surface area contributed by atoms with Crippen LogP contribution < -0.4 is 0 Å². The van der Waals surface area contributed by atoms with E-state index >= 15 is 0 Å². The quantitative estimate of drug-likeness (QED) is 0.903. The van der Waals surface area contributed by atoms with Gasteiger partial charge in [0.15, 0.2) is 0 Å². The predicted molar refractivity (Wildman–Crippen MR) is 70.2 cm³/mol. The minimum atomic E-state index is -3.56. The molecule has 1 N–H and O–H groups in total. The van der Waals surface area contributed by atoms with Crippen LogP contribution in [0.4, 0.5) is 0 Å². The van der Waals surface area contributed by atoms with Crippen LogP contribution in [0.5, 0.6) is 0 Å². The highest BCUT2D eigenvalue weighted by atomic mass is 35.5. The molecule has 0 bridgehead atoms. The maximum atomic E-state index is 12.5. The molecule has 18 heavy (non-hydrogen) atoms. The first kappa shape index (κ1) is 13.8. The molecule has 0 radical (unpaired) electrons. The Morgan fingerprint density at radius 2 is 2.17 bits per heavy atom. The Morgan fingerprint density at radius 1 is 1.44 bits per heavy atom. The maximum absolute atomic E-state index is 12.5. The van der Waals surface area contributed by atoms with Crippen LogP contribution in [0.3, 0.4) is 0 Å². The molecule has 1 aromatic rings. The summed E-state index contributed by atoms with van der Waals surface area (Å²) in [5, 5.41) is 9.98. The zero-order valence-electron chi connectivity index (χ0n) is 10.1. The molecule has 1 fully saturated rings. The van der Waals surface area contributed by atoms with Crippen LogP contribution >= 0.6 is 11.6 Å². The normalized spacial score (nSPS) is 22.1. The lowest BCUT2D eigenvalue weighted by molar-refractivity contribution is 0.108. The number of hydrogen-bond acceptors (Lipinski definition) is 3. The molecule has 1 unspecified atom stereocenters. The zero-order valence-corrected chi connectivity index (χ0v) is 11.7. The van der Waals surface area contributed by atoms with Crippen molar-refractivity contribution in [2.75, 3.05) is 13.1 Å². The van der Waals surface area contributed by atoms with E-state index in [0.29, 0.717) is 30.0 Å². The van der Waals surface area contributed by atoms with Crippen molar-refractivity contribution in [3.8, 4) is 0 Å². The Balaban J connectivity index is 2.38. The number of hydrogen-bond donors (Lipinski definition) is 1. The zero-order chi connectivity index (χ0) is 13.3. The Hall–Kier alpha value is -0.620. The van der Waals surface area contributed by atoms with Crippen molar-refractivity contribution in [1.29, 1.82) is 0 Å². The number of halogens is 1. The molecule has 0 aromatic heterocycles. The highest BCUT2D eigenvalue weighted by Crippen LogP contribution is 2.25. The van der Waals surface area contributed by atoms with Crippen molar-refractivity contribution in [2.24, 2.45) is 0 Å². The Labute approximate surface area is 112 Å². The summed E-state index contributed by atoms with van der Waals surface area (Å²) < 4.78 is 26.3. The molecule has 6 heteroatoms. The highest BCUT2D eigenvalue weighted by Gasteiger charge is 2.30. The van der Waals surface area contributed by atoms with Crippen molar-refractivity contribution in [3.63, 3.8) is 0 Å². The maximum Gasteiger partial charge on any atom is 0.243 e. The summed E-state index contributed by atoms with van der Waals surface area (Å²) in [4.78, 5) is 0.226. The van der Waals surface area contributed by atoms with Gasteiger partial charge in [0.05, 0.1) is 11.0 Å². The summed E-state index contributed by atoms with van der Waals surface area (Å²) in [5.41, 5.74) is 0.666. The van der Waals surface area contributed by atoms with Gasteiger partial charge in [0.1, 0.15) is 0 Å². The lowest BCUT2D eigenvalue weighted by Crippen LogP contribution is -2.42. The van der Waals surface area contributed by atoms with E-state index in [1.165, 1.54) is 10.4 Å². The summed E-state index contributed by atoms with van der Waals surface area (Å²) in [6.45, 7) is 2.35. The van der Waals surface area contributed by atoms with Crippen LogP contribution in [0, 0.1) is 6.92 Å². The molecule has 1 saturated heterocycles. The fourth-order valence-electron chi connectivity index (χ4n) is 2.13. The van der Waals surface area contributed by atoms with Crippen molar-refractivity contribution < 1.29 is 13.5 Å². The fraction of sp³-hybridized carbons (Fsp3) is 0.500. The summed E-state index contributed by atoms with van der Waals surface area (Å²) >= 11 is 5.86. The summed E-state index contributed by atoms with van der Waals surface area (Å²) in [7, 11) is -3.56. The number of nitrogens with zero attached hydrogens (tertiary/aromatic N) is 1. The summed E-state index contributed by atoms with van der Waals surface area (Å²) in [6, 6.07) is 4.82. The number of aliphatic hydroxyl groups excluding tert-OH is 1. The van der Waals surface area contributed by atoms with Crippen LogP contribution in [-0.2, 0) is 10.0 Å². The van der Waals surface area contributed by atoms with E-state index in [-0.39, 0.29) is 11.4 Å². The van der Waals surface area contributed by atoms with E-state index in [1.807, 2.05) is 0 Å². The molecule has 1 atom stereocenters. The first-order valence-electron chi connectivity index (χ1n) is 5.85. The number of sulfonamides is 1. The van der Waals surface area contributed by atoms with Gasteiger partial charge in [-0.1, -0.05) is 17.7 Å². The molecule has 0 saturated carbocycles. The number of β-amino-alcohol motifs (C(OH)–C–C–N with tert-alkyl or cyclic N) is 1. The number of rotatable bonds is 2. The van der Waals surface area contributed by atoms with Gasteiger partial charge in [-0.2, -0.15) is 4.31 Å². The fourth-order valence-corrected chi connectivity index (χ4v) is 4.13. The highest BCUT2D eigenvalue weighted by molar-refractivity contribution is 7.89. The van der Waals surface area contributed by atoms with Gasteiger partial charge in [0.25, 0.3) is 0 Å². The third kappa shape index (κ3) is 2.69. The minimum Gasteiger partial charge on any atom is -0.392 e. The number of benzene rings is 1. The van der Waals surface area contributed by atoms with E-state index in [1.54, 1.807) is 19.1 Å². The minimum absolute atomic E-state index is 0.161. The van der Waals surface area contributed by atoms with Crippen molar-refractivity contribution >= 4 is 21.6 Å². The SMILES string of the molecule is Cc1ccc(Cl)cc1S(=O)(=O)N1CCCC(O)C1. The van der Waals surface area contributed by atoms with E-state index in [4.69, 9.17) is 11.6 Å². The topological polar surface area (TPSA) is 57.6 Å².